The molecule has 2 nitrogen and oxygen atoms in total. The molecule has 0 N–H and O–H groups in total. The molecule has 0 aromatic carbocycles. The van der Waals surface area contributed by atoms with Crippen LogP contribution < -0.4 is 0 Å². The van der Waals surface area contributed by atoms with Gasteiger partial charge in [-0.15, -0.1) is 6.58 Å². The molecular weight excluding hydrogens is 112 g/mol. The van der Waals surface area contributed by atoms with E-state index < -0.39 is 0 Å². The maximum Gasteiger partial charge on any atom is 0.0777 e. The monoisotopic (exact) mass is 126 g/mol. The molecule has 0 saturated carbocycles. The maximum atomic E-state index is 4.00. The number of hydrogen-bond donors (Lipinski definition) is 0. The zero-order chi connectivity index (χ0) is 7.33. The topological polar surface area (TPSA) is 24.7 Å². The summed E-state index contributed by atoms with van der Waals surface area (Å²) in [5.74, 6) is 0. The minimum atomic E-state index is -0.0387. The Morgan fingerprint density at radius 2 is 2.00 bits per heavy atom. The Hall–Kier alpha value is -0.660. The molecule has 0 atom stereocenters. The Bertz CT molecular complexity index is 109. The zero-order valence-corrected chi connectivity index (χ0v) is 6.39. The van der Waals surface area contributed by atoms with E-state index in [2.05, 4.69) is 16.8 Å². The van der Waals surface area contributed by atoms with Gasteiger partial charge in [0, 0.05) is 0 Å². The van der Waals surface area contributed by atoms with Crippen molar-refractivity contribution in [2.45, 2.75) is 26.3 Å². The van der Waals surface area contributed by atoms with Crippen molar-refractivity contribution < 1.29 is 0 Å². The largest absolute Gasteiger partial charge is 0.189 e. The fraction of sp³-hybridized carbons (Fsp3) is 0.714. The molecule has 9 heavy (non-hydrogen) atoms. The van der Waals surface area contributed by atoms with Crippen LogP contribution in [0.2, 0.25) is 0 Å². The minimum absolute atomic E-state index is 0.0387. The van der Waals surface area contributed by atoms with Gasteiger partial charge in [-0.1, -0.05) is 6.08 Å². The van der Waals surface area contributed by atoms with Gasteiger partial charge < -0.3 is 0 Å². The van der Waals surface area contributed by atoms with E-state index in [1.54, 1.807) is 6.08 Å². The number of azo groups is 1. The molecule has 52 valence electrons. The highest BCUT2D eigenvalue weighted by Crippen LogP contribution is 2.05. The van der Waals surface area contributed by atoms with Gasteiger partial charge in [-0.25, -0.2) is 0 Å². The summed E-state index contributed by atoms with van der Waals surface area (Å²) < 4.78 is 0. The summed E-state index contributed by atoms with van der Waals surface area (Å²) in [7, 11) is 0. The van der Waals surface area contributed by atoms with Crippen LogP contribution in [0.15, 0.2) is 22.9 Å². The van der Waals surface area contributed by atoms with E-state index in [1.165, 1.54) is 0 Å². The number of nitrogens with zero attached hydrogens (tertiary/aromatic N) is 2. The van der Waals surface area contributed by atoms with E-state index in [-0.39, 0.29) is 5.54 Å². The van der Waals surface area contributed by atoms with E-state index in [9.17, 15) is 0 Å². The summed E-state index contributed by atoms with van der Waals surface area (Å²) in [5.41, 5.74) is -0.0387. The predicted octanol–water partition coefficient (Wildman–Crippen LogP) is 2.42. The molecule has 0 bridgehead atoms. The Morgan fingerprint density at radius 3 is 2.33 bits per heavy atom. The highest BCUT2D eigenvalue weighted by molar-refractivity contribution is 4.71. The predicted molar refractivity (Wildman–Crippen MR) is 39.7 cm³/mol. The Morgan fingerprint density at radius 1 is 1.44 bits per heavy atom. The molecule has 0 aliphatic rings. The van der Waals surface area contributed by atoms with Crippen LogP contribution in [0.25, 0.3) is 0 Å². The smallest absolute Gasteiger partial charge is 0.0777 e. The minimum Gasteiger partial charge on any atom is -0.189 e. The molecule has 0 amide bonds. The fourth-order valence-electron chi connectivity index (χ4n) is 0.311. The molecule has 0 saturated heterocycles. The molecule has 0 radical (unpaired) electrons. The van der Waals surface area contributed by atoms with Gasteiger partial charge >= 0.3 is 0 Å². The van der Waals surface area contributed by atoms with Crippen molar-refractivity contribution in [3.05, 3.63) is 12.7 Å². The van der Waals surface area contributed by atoms with Gasteiger partial charge in [-0.3, -0.25) is 0 Å². The average molecular weight is 126 g/mol. The molecule has 2 heteroatoms. The molecule has 0 rings (SSSR count). The van der Waals surface area contributed by atoms with Crippen molar-refractivity contribution in [2.24, 2.45) is 10.2 Å². The first kappa shape index (κ1) is 8.34. The summed E-state index contributed by atoms with van der Waals surface area (Å²) in [4.78, 5) is 0. The lowest BCUT2D eigenvalue weighted by Crippen LogP contribution is -2.07. The van der Waals surface area contributed by atoms with Gasteiger partial charge in [0.05, 0.1) is 12.1 Å². The standard InChI is InChI=1S/C7H14N2/c1-5-6-8-9-7(2,3)4/h5H,1,6H2,2-4H3. The van der Waals surface area contributed by atoms with Crippen LogP contribution in [-0.4, -0.2) is 12.1 Å². The van der Waals surface area contributed by atoms with Crippen molar-refractivity contribution in [2.75, 3.05) is 6.54 Å². The Labute approximate surface area is 56.7 Å². The molecule has 0 aromatic rings. The summed E-state index contributed by atoms with van der Waals surface area (Å²) in [6.07, 6.45) is 1.73. The summed E-state index contributed by atoms with van der Waals surface area (Å²) in [5, 5.41) is 7.87. The van der Waals surface area contributed by atoms with Gasteiger partial charge in [-0.2, -0.15) is 10.2 Å². The van der Waals surface area contributed by atoms with Gasteiger partial charge in [0.1, 0.15) is 0 Å². The Kier molecular flexibility index (Phi) is 3.13. The molecular formula is C7H14N2. The maximum absolute atomic E-state index is 4.00. The molecule has 0 spiro atoms. The molecule has 0 unspecified atom stereocenters. The summed E-state index contributed by atoms with van der Waals surface area (Å²) in [6.45, 7) is 10.2. The summed E-state index contributed by atoms with van der Waals surface area (Å²) >= 11 is 0. The van der Waals surface area contributed by atoms with E-state index >= 15 is 0 Å². The first-order chi connectivity index (χ1) is 4.06. The average Bonchev–Trinajstić information content (AvgIpc) is 1.63. The number of rotatable bonds is 2. The quantitative estimate of drug-likeness (QED) is 0.401. The second-order valence-electron chi connectivity index (χ2n) is 2.88. The molecule has 0 fully saturated rings. The van der Waals surface area contributed by atoms with Crippen molar-refractivity contribution in [3.8, 4) is 0 Å². The van der Waals surface area contributed by atoms with Crippen molar-refractivity contribution in [1.82, 2.24) is 0 Å². The SMILES string of the molecule is C=CCN=NC(C)(C)C. The van der Waals surface area contributed by atoms with Gasteiger partial charge in [-0.05, 0) is 20.8 Å². The van der Waals surface area contributed by atoms with Crippen LogP contribution in [0.5, 0.6) is 0 Å². The fourth-order valence-corrected chi connectivity index (χ4v) is 0.311. The van der Waals surface area contributed by atoms with E-state index in [1.807, 2.05) is 20.8 Å². The van der Waals surface area contributed by atoms with Crippen molar-refractivity contribution in [3.63, 3.8) is 0 Å². The molecule has 0 aliphatic carbocycles. The van der Waals surface area contributed by atoms with Gasteiger partial charge in [0.25, 0.3) is 0 Å². The van der Waals surface area contributed by atoms with Crippen molar-refractivity contribution >= 4 is 0 Å². The highest BCUT2D eigenvalue weighted by Gasteiger charge is 2.04. The van der Waals surface area contributed by atoms with Crippen LogP contribution in [-0.2, 0) is 0 Å². The van der Waals surface area contributed by atoms with Crippen LogP contribution in [0.4, 0.5) is 0 Å². The van der Waals surface area contributed by atoms with Crippen LogP contribution in [0.1, 0.15) is 20.8 Å². The zero-order valence-electron chi connectivity index (χ0n) is 6.39. The van der Waals surface area contributed by atoms with E-state index in [0.29, 0.717) is 6.54 Å². The van der Waals surface area contributed by atoms with E-state index in [4.69, 9.17) is 0 Å². The lowest BCUT2D eigenvalue weighted by molar-refractivity contribution is 0.543. The molecule has 0 aromatic heterocycles. The third-order valence-corrected chi connectivity index (χ3v) is 0.581. The van der Waals surface area contributed by atoms with Gasteiger partial charge in [0.2, 0.25) is 0 Å². The first-order valence-electron chi connectivity index (χ1n) is 3.06. The lowest BCUT2D eigenvalue weighted by atomic mass is 10.1. The molecule has 0 aliphatic heterocycles. The van der Waals surface area contributed by atoms with Gasteiger partial charge in [0.15, 0.2) is 0 Å². The van der Waals surface area contributed by atoms with Crippen LogP contribution >= 0.6 is 0 Å². The second kappa shape index (κ2) is 3.38. The normalized spacial score (nSPS) is 12.3. The van der Waals surface area contributed by atoms with Crippen LogP contribution in [0, 0.1) is 0 Å². The van der Waals surface area contributed by atoms with E-state index in [0.717, 1.165) is 0 Å². The molecule has 0 heterocycles. The second-order valence-corrected chi connectivity index (χ2v) is 2.88. The third-order valence-electron chi connectivity index (χ3n) is 0.581. The lowest BCUT2D eigenvalue weighted by Gasteiger charge is -2.07. The number of hydrogen-bond acceptors (Lipinski definition) is 2. The van der Waals surface area contributed by atoms with Crippen molar-refractivity contribution in [1.29, 1.82) is 0 Å². The highest BCUT2D eigenvalue weighted by atomic mass is 15.1. The summed E-state index contributed by atoms with van der Waals surface area (Å²) in [6, 6.07) is 0. The third kappa shape index (κ3) is 7.34. The Balaban J connectivity index is 3.57. The van der Waals surface area contributed by atoms with Crippen LogP contribution in [0.3, 0.4) is 0 Å². The first-order valence-corrected chi connectivity index (χ1v) is 3.06.